The first-order valence-corrected chi connectivity index (χ1v) is 6.20. The molecule has 5 heteroatoms. The number of esters is 1. The SMILES string of the molecule is COC(=O)/C(=N/Nc1ccccc1)c1cccs1. The molecule has 1 N–H and O–H groups in total. The average molecular weight is 260 g/mol. The fourth-order valence-corrected chi connectivity index (χ4v) is 2.05. The summed E-state index contributed by atoms with van der Waals surface area (Å²) in [4.78, 5) is 12.4. The Morgan fingerprint density at radius 1 is 1.22 bits per heavy atom. The first-order chi connectivity index (χ1) is 8.81. The minimum absolute atomic E-state index is 0.274. The van der Waals surface area contributed by atoms with E-state index in [1.54, 1.807) is 0 Å². The fraction of sp³-hybridized carbons (Fsp3) is 0.0769. The van der Waals surface area contributed by atoms with Crippen molar-refractivity contribution in [1.82, 2.24) is 0 Å². The quantitative estimate of drug-likeness (QED) is 0.522. The number of thiophene rings is 1. The van der Waals surface area contributed by atoms with E-state index in [0.717, 1.165) is 10.6 Å². The third-order valence-corrected chi connectivity index (χ3v) is 3.08. The zero-order valence-electron chi connectivity index (χ0n) is 9.79. The van der Waals surface area contributed by atoms with E-state index >= 15 is 0 Å². The van der Waals surface area contributed by atoms with Crippen LogP contribution in [-0.4, -0.2) is 18.8 Å². The van der Waals surface area contributed by atoms with Crippen LogP contribution in [0.3, 0.4) is 0 Å². The Bertz CT molecular complexity index is 535. The van der Waals surface area contributed by atoms with Gasteiger partial charge in [0.25, 0.3) is 0 Å². The molecule has 0 fully saturated rings. The Morgan fingerprint density at radius 2 is 2.00 bits per heavy atom. The number of carbonyl (C=O) groups is 1. The van der Waals surface area contributed by atoms with Gasteiger partial charge in [0, 0.05) is 0 Å². The Hall–Kier alpha value is -2.14. The predicted molar refractivity (Wildman–Crippen MR) is 72.9 cm³/mol. The highest BCUT2D eigenvalue weighted by atomic mass is 32.1. The van der Waals surface area contributed by atoms with Crippen LogP contribution in [0.2, 0.25) is 0 Å². The molecular weight excluding hydrogens is 248 g/mol. The fourth-order valence-electron chi connectivity index (χ4n) is 1.34. The number of rotatable bonds is 4. The van der Waals surface area contributed by atoms with Crippen molar-refractivity contribution < 1.29 is 9.53 Å². The highest BCUT2D eigenvalue weighted by molar-refractivity contribution is 7.13. The van der Waals surface area contributed by atoms with Gasteiger partial charge in [-0.15, -0.1) is 11.3 Å². The van der Waals surface area contributed by atoms with Crippen LogP contribution < -0.4 is 5.43 Å². The van der Waals surface area contributed by atoms with E-state index in [9.17, 15) is 4.79 Å². The molecule has 0 aliphatic carbocycles. The molecule has 0 bridgehead atoms. The Morgan fingerprint density at radius 3 is 2.61 bits per heavy atom. The Kier molecular flexibility index (Phi) is 4.09. The second kappa shape index (κ2) is 5.97. The van der Waals surface area contributed by atoms with Crippen LogP contribution >= 0.6 is 11.3 Å². The summed E-state index contributed by atoms with van der Waals surface area (Å²) in [6, 6.07) is 13.1. The number of hydrogen-bond donors (Lipinski definition) is 1. The second-order valence-electron chi connectivity index (χ2n) is 3.41. The lowest BCUT2D eigenvalue weighted by atomic mass is 10.3. The molecule has 1 aromatic carbocycles. The van der Waals surface area contributed by atoms with Crippen LogP contribution in [0.4, 0.5) is 5.69 Å². The molecule has 0 amide bonds. The van der Waals surface area contributed by atoms with E-state index in [-0.39, 0.29) is 5.71 Å². The second-order valence-corrected chi connectivity index (χ2v) is 4.35. The molecule has 4 nitrogen and oxygen atoms in total. The van der Waals surface area contributed by atoms with Crippen LogP contribution in [-0.2, 0) is 9.53 Å². The third-order valence-electron chi connectivity index (χ3n) is 2.20. The van der Waals surface area contributed by atoms with E-state index in [4.69, 9.17) is 4.74 Å². The number of para-hydroxylation sites is 1. The lowest BCUT2D eigenvalue weighted by Gasteiger charge is -2.04. The molecule has 0 saturated carbocycles. The molecule has 0 spiro atoms. The summed E-state index contributed by atoms with van der Waals surface area (Å²) < 4.78 is 4.72. The van der Waals surface area contributed by atoms with Crippen LogP contribution in [0.15, 0.2) is 52.9 Å². The van der Waals surface area contributed by atoms with Crippen molar-refractivity contribution >= 4 is 28.7 Å². The van der Waals surface area contributed by atoms with Crippen molar-refractivity contribution in [2.45, 2.75) is 0 Å². The van der Waals surface area contributed by atoms with Crippen molar-refractivity contribution in [3.05, 3.63) is 52.7 Å². The van der Waals surface area contributed by atoms with Crippen LogP contribution in [0, 0.1) is 0 Å². The number of benzene rings is 1. The highest BCUT2D eigenvalue weighted by Gasteiger charge is 2.15. The molecule has 0 saturated heterocycles. The minimum Gasteiger partial charge on any atom is -0.464 e. The lowest BCUT2D eigenvalue weighted by molar-refractivity contribution is -0.132. The van der Waals surface area contributed by atoms with Gasteiger partial charge in [-0.2, -0.15) is 5.10 Å². The van der Waals surface area contributed by atoms with Crippen LogP contribution in [0.5, 0.6) is 0 Å². The lowest BCUT2D eigenvalue weighted by Crippen LogP contribution is -2.17. The summed E-state index contributed by atoms with van der Waals surface area (Å²) in [6.07, 6.45) is 0. The molecule has 1 aromatic heterocycles. The van der Waals surface area contributed by atoms with E-state index < -0.39 is 5.97 Å². The smallest absolute Gasteiger partial charge is 0.359 e. The van der Waals surface area contributed by atoms with Gasteiger partial charge in [0.05, 0.1) is 17.7 Å². The van der Waals surface area contributed by atoms with Gasteiger partial charge in [-0.25, -0.2) is 4.79 Å². The van der Waals surface area contributed by atoms with Crippen LogP contribution in [0.25, 0.3) is 0 Å². The van der Waals surface area contributed by atoms with Gasteiger partial charge in [0.1, 0.15) is 0 Å². The number of nitrogens with one attached hydrogen (secondary N) is 1. The van der Waals surface area contributed by atoms with E-state index in [0.29, 0.717) is 0 Å². The van der Waals surface area contributed by atoms with E-state index in [2.05, 4.69) is 10.5 Å². The van der Waals surface area contributed by atoms with E-state index in [1.807, 2.05) is 47.8 Å². The summed E-state index contributed by atoms with van der Waals surface area (Å²) in [6.45, 7) is 0. The van der Waals surface area contributed by atoms with Crippen molar-refractivity contribution in [2.75, 3.05) is 12.5 Å². The number of hydrazone groups is 1. The molecule has 0 aliphatic rings. The van der Waals surface area contributed by atoms with Gasteiger partial charge in [-0.3, -0.25) is 5.43 Å². The standard InChI is InChI=1S/C13H12N2O2S/c1-17-13(16)12(11-8-5-9-18-11)15-14-10-6-3-2-4-7-10/h2-9,14H,1H3/b15-12+. The number of carbonyl (C=O) groups excluding carboxylic acids is 1. The molecule has 18 heavy (non-hydrogen) atoms. The molecule has 2 rings (SSSR count). The molecule has 0 unspecified atom stereocenters. The molecule has 92 valence electrons. The van der Waals surface area contributed by atoms with Gasteiger partial charge in [0.15, 0.2) is 5.71 Å². The molecular formula is C13H12N2O2S. The summed E-state index contributed by atoms with van der Waals surface area (Å²) in [5.74, 6) is -0.458. The van der Waals surface area contributed by atoms with Gasteiger partial charge >= 0.3 is 5.97 Å². The normalized spacial score (nSPS) is 11.1. The van der Waals surface area contributed by atoms with Crippen LogP contribution in [0.1, 0.15) is 4.88 Å². The van der Waals surface area contributed by atoms with Crippen molar-refractivity contribution in [3.63, 3.8) is 0 Å². The van der Waals surface area contributed by atoms with Gasteiger partial charge in [-0.1, -0.05) is 24.3 Å². The van der Waals surface area contributed by atoms with E-state index in [1.165, 1.54) is 18.4 Å². The topological polar surface area (TPSA) is 50.7 Å². The number of anilines is 1. The van der Waals surface area contributed by atoms with Gasteiger partial charge in [-0.05, 0) is 23.6 Å². The Balaban J connectivity index is 2.22. The number of ether oxygens (including phenoxy) is 1. The summed E-state index contributed by atoms with van der Waals surface area (Å²) >= 11 is 1.44. The number of nitrogens with zero attached hydrogens (tertiary/aromatic N) is 1. The molecule has 0 radical (unpaired) electrons. The largest absolute Gasteiger partial charge is 0.464 e. The maximum absolute atomic E-state index is 11.6. The molecule has 0 aliphatic heterocycles. The zero-order valence-corrected chi connectivity index (χ0v) is 10.6. The number of methoxy groups -OCH3 is 1. The highest BCUT2D eigenvalue weighted by Crippen LogP contribution is 2.12. The number of hydrogen-bond acceptors (Lipinski definition) is 5. The van der Waals surface area contributed by atoms with Gasteiger partial charge in [0.2, 0.25) is 0 Å². The zero-order chi connectivity index (χ0) is 12.8. The predicted octanol–water partition coefficient (Wildman–Crippen LogP) is 2.74. The molecule has 0 atom stereocenters. The van der Waals surface area contributed by atoms with Crippen molar-refractivity contribution in [1.29, 1.82) is 0 Å². The Labute approximate surface area is 109 Å². The monoisotopic (exact) mass is 260 g/mol. The molecule has 2 aromatic rings. The average Bonchev–Trinajstić information content (AvgIpc) is 2.94. The van der Waals surface area contributed by atoms with Crippen molar-refractivity contribution in [3.8, 4) is 0 Å². The summed E-state index contributed by atoms with van der Waals surface area (Å²) in [5, 5.41) is 5.99. The first-order valence-electron chi connectivity index (χ1n) is 5.32. The molecule has 1 heterocycles. The third kappa shape index (κ3) is 2.95. The summed E-state index contributed by atoms with van der Waals surface area (Å²) in [5.41, 5.74) is 3.93. The minimum atomic E-state index is -0.458. The first kappa shape index (κ1) is 12.3. The van der Waals surface area contributed by atoms with Crippen molar-refractivity contribution in [2.24, 2.45) is 5.10 Å². The maximum atomic E-state index is 11.6. The van der Waals surface area contributed by atoms with Gasteiger partial charge < -0.3 is 4.74 Å². The maximum Gasteiger partial charge on any atom is 0.359 e. The summed E-state index contributed by atoms with van der Waals surface area (Å²) in [7, 11) is 1.34.